The molecule has 1 aromatic heterocycles. The van der Waals surface area contributed by atoms with Gasteiger partial charge in [-0.1, -0.05) is 12.1 Å². The summed E-state index contributed by atoms with van der Waals surface area (Å²) in [6, 6.07) is 6.98. The first kappa shape index (κ1) is 14.8. The van der Waals surface area contributed by atoms with E-state index in [0.717, 1.165) is 11.6 Å². The number of aromatic nitrogens is 2. The van der Waals surface area contributed by atoms with Crippen molar-refractivity contribution in [3.8, 4) is 11.6 Å². The summed E-state index contributed by atoms with van der Waals surface area (Å²) in [4.78, 5) is 10.7. The molecule has 0 aliphatic carbocycles. The number of ether oxygens (including phenoxy) is 1. The summed E-state index contributed by atoms with van der Waals surface area (Å²) < 4.78 is 7.32. The Labute approximate surface area is 121 Å². The molecule has 6 nitrogen and oxygen atoms in total. The van der Waals surface area contributed by atoms with Gasteiger partial charge in [0.05, 0.1) is 17.9 Å². The smallest absolute Gasteiger partial charge is 0.328 e. The number of rotatable bonds is 5. The molecule has 0 radical (unpaired) electrons. The summed E-state index contributed by atoms with van der Waals surface area (Å²) in [5.41, 5.74) is 2.08. The van der Waals surface area contributed by atoms with Crippen LogP contribution in [0.25, 0.3) is 6.08 Å². The van der Waals surface area contributed by atoms with Crippen molar-refractivity contribution in [2.24, 2.45) is 7.05 Å². The van der Waals surface area contributed by atoms with Crippen LogP contribution in [0.15, 0.2) is 30.3 Å². The maximum atomic E-state index is 10.7. The highest BCUT2D eigenvalue weighted by molar-refractivity contribution is 5.86. The predicted molar refractivity (Wildman–Crippen MR) is 77.1 cm³/mol. The van der Waals surface area contributed by atoms with Crippen LogP contribution < -0.4 is 4.74 Å². The summed E-state index contributed by atoms with van der Waals surface area (Å²) >= 11 is 0. The summed E-state index contributed by atoms with van der Waals surface area (Å²) in [6.45, 7) is 1.75. The van der Waals surface area contributed by atoms with Crippen molar-refractivity contribution in [1.82, 2.24) is 9.78 Å². The lowest BCUT2D eigenvalue weighted by Gasteiger charge is -2.07. The van der Waals surface area contributed by atoms with Crippen LogP contribution in [-0.4, -0.2) is 26.0 Å². The summed E-state index contributed by atoms with van der Waals surface area (Å²) in [7, 11) is 1.72. The Bertz CT molecular complexity index is 672. The fourth-order valence-electron chi connectivity index (χ4n) is 1.90. The number of aliphatic carboxylic acids is 1. The Balaban J connectivity index is 2.32. The van der Waals surface area contributed by atoms with E-state index < -0.39 is 5.97 Å². The number of carbonyl (C=O) groups is 1. The lowest BCUT2D eigenvalue weighted by Crippen LogP contribution is -1.96. The minimum absolute atomic E-state index is 0.0301. The molecule has 0 spiro atoms. The number of carboxylic acid groups (broad SMARTS) is 1. The second-order valence-electron chi connectivity index (χ2n) is 4.50. The topological polar surface area (TPSA) is 84.6 Å². The van der Waals surface area contributed by atoms with Crippen LogP contribution in [-0.2, 0) is 18.4 Å². The molecule has 0 saturated carbocycles. The van der Waals surface area contributed by atoms with E-state index in [1.165, 1.54) is 6.08 Å². The van der Waals surface area contributed by atoms with Crippen molar-refractivity contribution in [1.29, 1.82) is 0 Å². The Morgan fingerprint density at radius 1 is 1.38 bits per heavy atom. The van der Waals surface area contributed by atoms with Crippen molar-refractivity contribution < 1.29 is 19.7 Å². The van der Waals surface area contributed by atoms with E-state index in [2.05, 4.69) is 5.10 Å². The normalized spacial score (nSPS) is 11.0. The molecule has 2 aromatic rings. The monoisotopic (exact) mass is 288 g/mol. The highest BCUT2D eigenvalue weighted by Crippen LogP contribution is 2.28. The summed E-state index contributed by atoms with van der Waals surface area (Å²) in [5.74, 6) is 0.0124. The molecule has 0 atom stereocenters. The van der Waals surface area contributed by atoms with E-state index in [4.69, 9.17) is 14.9 Å². The number of carboxylic acids is 1. The first-order valence-electron chi connectivity index (χ1n) is 6.33. The van der Waals surface area contributed by atoms with Crippen molar-refractivity contribution in [3.05, 3.63) is 47.2 Å². The lowest BCUT2D eigenvalue weighted by atomic mass is 10.2. The van der Waals surface area contributed by atoms with Gasteiger partial charge in [0.1, 0.15) is 5.75 Å². The first-order chi connectivity index (χ1) is 10.0. The maximum absolute atomic E-state index is 10.7. The number of benzene rings is 1. The number of nitrogens with zero attached hydrogens (tertiary/aromatic N) is 2. The molecule has 21 heavy (non-hydrogen) atoms. The van der Waals surface area contributed by atoms with Gasteiger partial charge in [-0.05, 0) is 30.7 Å². The number of aliphatic hydroxyl groups is 1. The molecule has 0 unspecified atom stereocenters. The maximum Gasteiger partial charge on any atom is 0.328 e. The summed E-state index contributed by atoms with van der Waals surface area (Å²) in [5, 5.41) is 22.0. The van der Waals surface area contributed by atoms with Gasteiger partial charge in [-0.25, -0.2) is 9.48 Å². The molecule has 6 heteroatoms. The van der Waals surface area contributed by atoms with E-state index in [1.54, 1.807) is 42.9 Å². The van der Waals surface area contributed by atoms with Gasteiger partial charge in [-0.3, -0.25) is 0 Å². The van der Waals surface area contributed by atoms with Crippen LogP contribution in [0.5, 0.6) is 11.6 Å². The number of aliphatic hydroxyl groups excluding tert-OH is 1. The van der Waals surface area contributed by atoms with Crippen LogP contribution in [0.1, 0.15) is 16.8 Å². The third kappa shape index (κ3) is 3.49. The molecule has 2 N–H and O–H groups in total. The Kier molecular flexibility index (Phi) is 4.39. The molecule has 0 fully saturated rings. The highest BCUT2D eigenvalue weighted by Gasteiger charge is 2.13. The van der Waals surface area contributed by atoms with Gasteiger partial charge < -0.3 is 14.9 Å². The minimum Gasteiger partial charge on any atom is -0.478 e. The van der Waals surface area contributed by atoms with Gasteiger partial charge in [-0.15, -0.1) is 0 Å². The van der Waals surface area contributed by atoms with Gasteiger partial charge in [0.2, 0.25) is 5.88 Å². The lowest BCUT2D eigenvalue weighted by molar-refractivity contribution is -0.131. The van der Waals surface area contributed by atoms with Gasteiger partial charge in [0, 0.05) is 13.1 Å². The molecule has 1 heterocycles. The molecular weight excluding hydrogens is 272 g/mol. The highest BCUT2D eigenvalue weighted by atomic mass is 16.5. The SMILES string of the molecule is Cc1nn(C)c(Oc2ccc(CO)cc2)c1/C=C/C(=O)O. The second-order valence-corrected chi connectivity index (χ2v) is 4.50. The second kappa shape index (κ2) is 6.23. The number of hydrogen-bond acceptors (Lipinski definition) is 4. The zero-order valence-electron chi connectivity index (χ0n) is 11.8. The fourth-order valence-corrected chi connectivity index (χ4v) is 1.90. The zero-order chi connectivity index (χ0) is 15.4. The van der Waals surface area contributed by atoms with Crippen molar-refractivity contribution in [2.75, 3.05) is 0 Å². The van der Waals surface area contributed by atoms with E-state index in [-0.39, 0.29) is 6.61 Å². The van der Waals surface area contributed by atoms with E-state index in [1.807, 2.05) is 0 Å². The molecule has 0 amide bonds. The molecule has 0 aliphatic rings. The van der Waals surface area contributed by atoms with Gasteiger partial charge >= 0.3 is 5.97 Å². The molecular formula is C15H16N2O4. The largest absolute Gasteiger partial charge is 0.478 e. The van der Waals surface area contributed by atoms with E-state index in [0.29, 0.717) is 22.9 Å². The molecule has 0 saturated heterocycles. The van der Waals surface area contributed by atoms with Crippen LogP contribution in [0, 0.1) is 6.92 Å². The van der Waals surface area contributed by atoms with Crippen molar-refractivity contribution in [3.63, 3.8) is 0 Å². The molecule has 0 aliphatic heterocycles. The minimum atomic E-state index is -1.03. The summed E-state index contributed by atoms with van der Waals surface area (Å²) in [6.07, 6.45) is 2.51. The quantitative estimate of drug-likeness (QED) is 0.823. The Hall–Kier alpha value is -2.60. The van der Waals surface area contributed by atoms with Crippen molar-refractivity contribution >= 4 is 12.0 Å². The van der Waals surface area contributed by atoms with Crippen LogP contribution in [0.2, 0.25) is 0 Å². The Morgan fingerprint density at radius 3 is 2.62 bits per heavy atom. The first-order valence-corrected chi connectivity index (χ1v) is 6.33. The third-order valence-electron chi connectivity index (χ3n) is 2.93. The average molecular weight is 288 g/mol. The number of aryl methyl sites for hydroxylation is 2. The average Bonchev–Trinajstić information content (AvgIpc) is 2.72. The standard InChI is InChI=1S/C15H16N2O4/c1-10-13(7-8-14(19)20)15(17(2)16-10)21-12-5-3-11(9-18)4-6-12/h3-8,18H,9H2,1-2H3,(H,19,20)/b8-7+. The van der Waals surface area contributed by atoms with Crippen LogP contribution in [0.3, 0.4) is 0 Å². The zero-order valence-corrected chi connectivity index (χ0v) is 11.8. The predicted octanol–water partition coefficient (Wildman–Crippen LogP) is 2.11. The van der Waals surface area contributed by atoms with Crippen molar-refractivity contribution in [2.45, 2.75) is 13.5 Å². The Morgan fingerprint density at radius 2 is 2.05 bits per heavy atom. The molecule has 2 rings (SSSR count). The molecule has 110 valence electrons. The van der Waals surface area contributed by atoms with E-state index >= 15 is 0 Å². The number of hydrogen-bond donors (Lipinski definition) is 2. The molecule has 1 aromatic carbocycles. The van der Waals surface area contributed by atoms with Gasteiger partial charge in [-0.2, -0.15) is 5.10 Å². The van der Waals surface area contributed by atoms with E-state index in [9.17, 15) is 4.79 Å². The molecule has 0 bridgehead atoms. The van der Waals surface area contributed by atoms with Gasteiger partial charge in [0.15, 0.2) is 0 Å². The fraction of sp³-hybridized carbons (Fsp3) is 0.200. The van der Waals surface area contributed by atoms with Crippen LogP contribution >= 0.6 is 0 Å². The third-order valence-corrected chi connectivity index (χ3v) is 2.93. The van der Waals surface area contributed by atoms with Gasteiger partial charge in [0.25, 0.3) is 0 Å². The van der Waals surface area contributed by atoms with Crippen LogP contribution in [0.4, 0.5) is 0 Å².